The molecular weight excluding hydrogens is 259 g/mol. The van der Waals surface area contributed by atoms with Crippen LogP contribution in [0.4, 0.5) is 19.0 Å². The van der Waals surface area contributed by atoms with Crippen LogP contribution in [0.2, 0.25) is 5.15 Å². The maximum atomic E-state index is 12.1. The molecule has 17 heavy (non-hydrogen) atoms. The van der Waals surface area contributed by atoms with Crippen molar-refractivity contribution in [3.63, 3.8) is 0 Å². The quantitative estimate of drug-likeness (QED) is 0.825. The van der Waals surface area contributed by atoms with Gasteiger partial charge in [-0.25, -0.2) is 9.97 Å². The molecule has 96 valence electrons. The van der Waals surface area contributed by atoms with E-state index in [2.05, 4.69) is 15.3 Å². The minimum atomic E-state index is -4.66. The Morgan fingerprint density at radius 2 is 1.94 bits per heavy atom. The zero-order valence-electron chi connectivity index (χ0n) is 9.14. The fourth-order valence-electron chi connectivity index (χ4n) is 1.08. The highest BCUT2D eigenvalue weighted by Crippen LogP contribution is 2.22. The largest absolute Gasteiger partial charge is 0.416 e. The summed E-state index contributed by atoms with van der Waals surface area (Å²) in [6, 6.07) is 0. The number of hydrogen-bond acceptors (Lipinski definition) is 4. The van der Waals surface area contributed by atoms with Crippen LogP contribution in [-0.2, 0) is 0 Å². The third-order valence-corrected chi connectivity index (χ3v) is 2.41. The van der Waals surface area contributed by atoms with Gasteiger partial charge in [0.15, 0.2) is 6.10 Å². The van der Waals surface area contributed by atoms with E-state index in [1.54, 1.807) is 13.8 Å². The second kappa shape index (κ2) is 5.05. The summed E-state index contributed by atoms with van der Waals surface area (Å²) in [6.45, 7) is 2.46. The number of aliphatic hydroxyl groups excluding tert-OH is 1. The van der Waals surface area contributed by atoms with Crippen molar-refractivity contribution in [2.24, 2.45) is 0 Å². The van der Waals surface area contributed by atoms with Crippen molar-refractivity contribution in [2.45, 2.75) is 26.1 Å². The first kappa shape index (κ1) is 14.0. The molecule has 0 aliphatic rings. The predicted molar refractivity (Wildman–Crippen MR) is 57.1 cm³/mol. The smallest absolute Gasteiger partial charge is 0.382 e. The molecule has 0 saturated heterocycles. The summed E-state index contributed by atoms with van der Waals surface area (Å²) in [4.78, 5) is 7.74. The highest BCUT2D eigenvalue weighted by atomic mass is 35.5. The van der Waals surface area contributed by atoms with E-state index in [0.717, 1.165) is 0 Å². The Bertz CT molecular complexity index is 411. The van der Waals surface area contributed by atoms with Crippen LogP contribution >= 0.6 is 11.6 Å². The lowest BCUT2D eigenvalue weighted by atomic mass is 10.3. The Morgan fingerprint density at radius 3 is 2.47 bits per heavy atom. The van der Waals surface area contributed by atoms with Crippen LogP contribution in [0.15, 0.2) is 0 Å². The van der Waals surface area contributed by atoms with Crippen LogP contribution < -0.4 is 5.32 Å². The van der Waals surface area contributed by atoms with Gasteiger partial charge in [0, 0.05) is 5.56 Å². The molecular formula is C9H11ClF3N3O. The predicted octanol–water partition coefficient (Wildman–Crippen LogP) is 2.08. The Balaban J connectivity index is 2.76. The van der Waals surface area contributed by atoms with E-state index in [4.69, 9.17) is 16.7 Å². The van der Waals surface area contributed by atoms with Crippen molar-refractivity contribution >= 4 is 17.4 Å². The van der Waals surface area contributed by atoms with Crippen molar-refractivity contribution in [1.82, 2.24) is 9.97 Å². The minimum Gasteiger partial charge on any atom is -0.382 e. The maximum absolute atomic E-state index is 12.1. The zero-order valence-corrected chi connectivity index (χ0v) is 9.89. The van der Waals surface area contributed by atoms with Crippen LogP contribution in [0.25, 0.3) is 0 Å². The van der Waals surface area contributed by atoms with E-state index in [1.807, 2.05) is 0 Å². The highest BCUT2D eigenvalue weighted by molar-refractivity contribution is 6.30. The lowest BCUT2D eigenvalue weighted by molar-refractivity contribution is -0.198. The molecule has 4 nitrogen and oxygen atoms in total. The number of aliphatic hydroxyl groups is 1. The molecule has 1 aromatic rings. The van der Waals surface area contributed by atoms with E-state index >= 15 is 0 Å². The average molecular weight is 270 g/mol. The summed E-state index contributed by atoms with van der Waals surface area (Å²) in [7, 11) is 0. The third-order valence-electron chi connectivity index (χ3n) is 2.04. The first-order chi connectivity index (χ1) is 7.71. The monoisotopic (exact) mass is 269 g/mol. The molecule has 0 saturated carbocycles. The maximum Gasteiger partial charge on any atom is 0.416 e. The Kier molecular flexibility index (Phi) is 4.16. The van der Waals surface area contributed by atoms with Crippen LogP contribution in [0.3, 0.4) is 0 Å². The third kappa shape index (κ3) is 3.71. The molecule has 1 aromatic heterocycles. The number of nitrogens with zero attached hydrogens (tertiary/aromatic N) is 2. The summed E-state index contributed by atoms with van der Waals surface area (Å²) in [6.07, 6.45) is -7.11. The standard InChI is InChI=1S/C9H11ClF3N3O/c1-4-7(10)15-5(2)16-8(4)14-3-6(17)9(11,12)13/h6,17H,3H2,1-2H3,(H,14,15,16). The molecule has 1 rings (SSSR count). The molecule has 2 N–H and O–H groups in total. The molecule has 0 radical (unpaired) electrons. The van der Waals surface area contributed by atoms with Crippen LogP contribution in [-0.4, -0.2) is 33.9 Å². The number of rotatable bonds is 3. The van der Waals surface area contributed by atoms with Gasteiger partial charge >= 0.3 is 6.18 Å². The van der Waals surface area contributed by atoms with Crippen LogP contribution in [0, 0.1) is 13.8 Å². The average Bonchev–Trinajstić information content (AvgIpc) is 2.19. The minimum absolute atomic E-state index is 0.168. The van der Waals surface area contributed by atoms with Gasteiger partial charge in [-0.15, -0.1) is 0 Å². The number of aryl methyl sites for hydroxylation is 1. The molecule has 0 fully saturated rings. The summed E-state index contributed by atoms with van der Waals surface area (Å²) in [5, 5.41) is 11.4. The van der Waals surface area contributed by atoms with E-state index in [-0.39, 0.29) is 11.0 Å². The fourth-order valence-corrected chi connectivity index (χ4v) is 1.29. The number of alkyl halides is 3. The Morgan fingerprint density at radius 1 is 1.35 bits per heavy atom. The summed E-state index contributed by atoms with van der Waals surface area (Å²) < 4.78 is 36.2. The van der Waals surface area contributed by atoms with E-state index in [0.29, 0.717) is 11.4 Å². The first-order valence-electron chi connectivity index (χ1n) is 4.71. The zero-order chi connectivity index (χ0) is 13.2. The van der Waals surface area contributed by atoms with E-state index < -0.39 is 18.8 Å². The van der Waals surface area contributed by atoms with Gasteiger partial charge in [0.05, 0.1) is 6.54 Å². The van der Waals surface area contributed by atoms with Crippen molar-refractivity contribution in [3.05, 3.63) is 16.5 Å². The molecule has 0 aliphatic heterocycles. The van der Waals surface area contributed by atoms with E-state index in [9.17, 15) is 13.2 Å². The van der Waals surface area contributed by atoms with Crippen LogP contribution in [0.1, 0.15) is 11.4 Å². The molecule has 0 bridgehead atoms. The van der Waals surface area contributed by atoms with E-state index in [1.165, 1.54) is 0 Å². The van der Waals surface area contributed by atoms with Gasteiger partial charge in [0.2, 0.25) is 0 Å². The first-order valence-corrected chi connectivity index (χ1v) is 5.09. The van der Waals surface area contributed by atoms with Gasteiger partial charge in [-0.2, -0.15) is 13.2 Å². The molecule has 0 spiro atoms. The number of halogens is 4. The van der Waals surface area contributed by atoms with Gasteiger partial charge in [0.25, 0.3) is 0 Å². The van der Waals surface area contributed by atoms with Gasteiger partial charge in [0.1, 0.15) is 16.8 Å². The summed E-state index contributed by atoms with van der Waals surface area (Å²) >= 11 is 5.75. The lowest BCUT2D eigenvalue weighted by Gasteiger charge is -2.16. The van der Waals surface area contributed by atoms with Crippen LogP contribution in [0.5, 0.6) is 0 Å². The molecule has 1 atom stereocenters. The van der Waals surface area contributed by atoms with Gasteiger partial charge in [-0.1, -0.05) is 11.6 Å². The molecule has 0 amide bonds. The normalized spacial score (nSPS) is 13.6. The van der Waals surface area contributed by atoms with Crippen molar-refractivity contribution < 1.29 is 18.3 Å². The van der Waals surface area contributed by atoms with Gasteiger partial charge < -0.3 is 10.4 Å². The number of nitrogens with one attached hydrogen (secondary N) is 1. The number of anilines is 1. The fraction of sp³-hybridized carbons (Fsp3) is 0.556. The summed E-state index contributed by atoms with van der Waals surface area (Å²) in [5.74, 6) is 0.524. The second-order valence-corrected chi connectivity index (χ2v) is 3.83. The number of aromatic nitrogens is 2. The second-order valence-electron chi connectivity index (χ2n) is 3.47. The van der Waals surface area contributed by atoms with Crippen molar-refractivity contribution in [1.29, 1.82) is 0 Å². The number of hydrogen-bond donors (Lipinski definition) is 2. The molecule has 0 aliphatic carbocycles. The topological polar surface area (TPSA) is 58.0 Å². The molecule has 8 heteroatoms. The molecule has 1 unspecified atom stereocenters. The highest BCUT2D eigenvalue weighted by Gasteiger charge is 2.38. The lowest BCUT2D eigenvalue weighted by Crippen LogP contribution is -2.35. The summed E-state index contributed by atoms with van der Waals surface area (Å²) in [5.41, 5.74) is 0.437. The van der Waals surface area contributed by atoms with Crippen molar-refractivity contribution in [2.75, 3.05) is 11.9 Å². The Hall–Kier alpha value is -1.08. The Labute approximate surface area is 101 Å². The van der Waals surface area contributed by atoms with Gasteiger partial charge in [-0.3, -0.25) is 0 Å². The molecule has 1 heterocycles. The molecule has 0 aromatic carbocycles. The van der Waals surface area contributed by atoms with Crippen molar-refractivity contribution in [3.8, 4) is 0 Å². The SMILES string of the molecule is Cc1nc(Cl)c(C)c(NCC(O)C(F)(F)F)n1. The van der Waals surface area contributed by atoms with Gasteiger partial charge in [-0.05, 0) is 13.8 Å².